The van der Waals surface area contributed by atoms with Gasteiger partial charge >= 0.3 is 0 Å². The lowest BCUT2D eigenvalue weighted by atomic mass is 10.1. The molecule has 1 aromatic heterocycles. The molecule has 20 heavy (non-hydrogen) atoms. The number of nitrogens with two attached hydrogens (primary N) is 1. The van der Waals surface area contributed by atoms with Crippen LogP contribution in [0.25, 0.3) is 0 Å². The quantitative estimate of drug-likeness (QED) is 0.857. The van der Waals surface area contributed by atoms with Crippen LogP contribution in [0.3, 0.4) is 0 Å². The predicted octanol–water partition coefficient (Wildman–Crippen LogP) is 0.670. The molecule has 110 valence electrons. The summed E-state index contributed by atoms with van der Waals surface area (Å²) in [6.07, 6.45) is 5.07. The van der Waals surface area contributed by atoms with Crippen molar-refractivity contribution in [2.45, 2.75) is 18.9 Å². The molecule has 1 aliphatic heterocycles. The number of hydrogen-bond donors (Lipinski definition) is 1. The summed E-state index contributed by atoms with van der Waals surface area (Å²) < 4.78 is 10.8. The maximum Gasteiger partial charge on any atom is 0.257 e. The van der Waals surface area contributed by atoms with E-state index in [1.807, 2.05) is 4.90 Å². The van der Waals surface area contributed by atoms with E-state index in [-0.39, 0.29) is 12.0 Å². The maximum atomic E-state index is 12.5. The number of ether oxygens (including phenoxy) is 2. The molecule has 0 aliphatic carbocycles. The Morgan fingerprint density at radius 3 is 2.90 bits per heavy atom. The first kappa shape index (κ1) is 14.7. The van der Waals surface area contributed by atoms with E-state index in [2.05, 4.69) is 4.98 Å². The van der Waals surface area contributed by atoms with Crippen LogP contribution < -0.4 is 10.5 Å². The standard InChI is InChI=1S/C14H21N3O3/c1-19-13-10-16-6-2-12(13)14(18)17-7-3-11(4-8-17)20-9-5-15/h2,6,10-11H,3-5,7-9,15H2,1H3. The van der Waals surface area contributed by atoms with Crippen LogP contribution in [-0.4, -0.2) is 55.2 Å². The Labute approximate surface area is 118 Å². The number of carbonyl (C=O) groups is 1. The molecule has 0 saturated carbocycles. The molecule has 6 heteroatoms. The second kappa shape index (κ2) is 7.21. The summed E-state index contributed by atoms with van der Waals surface area (Å²) in [7, 11) is 1.54. The lowest BCUT2D eigenvalue weighted by molar-refractivity contribution is 0.0121. The molecule has 0 atom stereocenters. The topological polar surface area (TPSA) is 77.7 Å². The summed E-state index contributed by atoms with van der Waals surface area (Å²) in [5.41, 5.74) is 5.98. The highest BCUT2D eigenvalue weighted by molar-refractivity contribution is 5.96. The molecule has 2 rings (SSSR count). The molecular weight excluding hydrogens is 258 g/mol. The average molecular weight is 279 g/mol. The fourth-order valence-electron chi connectivity index (χ4n) is 2.35. The number of nitrogens with zero attached hydrogens (tertiary/aromatic N) is 2. The molecule has 1 fully saturated rings. The Kier molecular flexibility index (Phi) is 5.31. The largest absolute Gasteiger partial charge is 0.494 e. The van der Waals surface area contributed by atoms with Gasteiger partial charge in [0.05, 0.1) is 31.6 Å². The fraction of sp³-hybridized carbons (Fsp3) is 0.571. The molecule has 1 aromatic rings. The Balaban J connectivity index is 1.94. The van der Waals surface area contributed by atoms with Crippen molar-refractivity contribution in [1.82, 2.24) is 9.88 Å². The highest BCUT2D eigenvalue weighted by atomic mass is 16.5. The lowest BCUT2D eigenvalue weighted by Gasteiger charge is -2.32. The summed E-state index contributed by atoms with van der Waals surface area (Å²) >= 11 is 0. The van der Waals surface area contributed by atoms with Crippen molar-refractivity contribution in [2.75, 3.05) is 33.4 Å². The van der Waals surface area contributed by atoms with Gasteiger partial charge in [-0.05, 0) is 18.9 Å². The van der Waals surface area contributed by atoms with Gasteiger partial charge in [0.1, 0.15) is 5.75 Å². The van der Waals surface area contributed by atoms with Crippen LogP contribution in [0.2, 0.25) is 0 Å². The Hall–Kier alpha value is -1.66. The van der Waals surface area contributed by atoms with Gasteiger partial charge in [0, 0.05) is 25.8 Å². The molecule has 1 amide bonds. The lowest BCUT2D eigenvalue weighted by Crippen LogP contribution is -2.41. The smallest absolute Gasteiger partial charge is 0.257 e. The van der Waals surface area contributed by atoms with Crippen LogP contribution in [0.5, 0.6) is 5.75 Å². The third kappa shape index (κ3) is 3.46. The molecule has 2 N–H and O–H groups in total. The summed E-state index contributed by atoms with van der Waals surface area (Å²) in [4.78, 5) is 18.3. The van der Waals surface area contributed by atoms with Gasteiger partial charge in [-0.2, -0.15) is 0 Å². The Bertz CT molecular complexity index is 445. The van der Waals surface area contributed by atoms with E-state index in [4.69, 9.17) is 15.2 Å². The number of rotatable bonds is 5. The van der Waals surface area contributed by atoms with Crippen LogP contribution >= 0.6 is 0 Å². The minimum atomic E-state index is -0.0125. The van der Waals surface area contributed by atoms with Crippen molar-refractivity contribution < 1.29 is 14.3 Å². The number of piperidine rings is 1. The van der Waals surface area contributed by atoms with E-state index in [0.717, 1.165) is 12.8 Å². The number of pyridine rings is 1. The van der Waals surface area contributed by atoms with E-state index >= 15 is 0 Å². The van der Waals surface area contributed by atoms with Crippen LogP contribution in [0.4, 0.5) is 0 Å². The minimum absolute atomic E-state index is 0.0125. The number of aromatic nitrogens is 1. The van der Waals surface area contributed by atoms with E-state index in [1.165, 1.54) is 0 Å². The van der Waals surface area contributed by atoms with Crippen LogP contribution in [0.15, 0.2) is 18.5 Å². The first-order valence-corrected chi connectivity index (χ1v) is 6.85. The second-order valence-corrected chi connectivity index (χ2v) is 4.73. The van der Waals surface area contributed by atoms with E-state index in [9.17, 15) is 4.79 Å². The van der Waals surface area contributed by atoms with Crippen LogP contribution in [-0.2, 0) is 4.74 Å². The monoisotopic (exact) mass is 279 g/mol. The minimum Gasteiger partial charge on any atom is -0.494 e. The number of carbonyl (C=O) groups excluding carboxylic acids is 1. The first-order valence-electron chi connectivity index (χ1n) is 6.85. The molecule has 0 spiro atoms. The van der Waals surface area contributed by atoms with Crippen molar-refractivity contribution in [1.29, 1.82) is 0 Å². The van der Waals surface area contributed by atoms with Crippen molar-refractivity contribution >= 4 is 5.91 Å². The highest BCUT2D eigenvalue weighted by Gasteiger charge is 2.25. The van der Waals surface area contributed by atoms with Crippen molar-refractivity contribution in [3.8, 4) is 5.75 Å². The third-order valence-corrected chi connectivity index (χ3v) is 3.44. The SMILES string of the molecule is COc1cnccc1C(=O)N1CCC(OCCN)CC1. The zero-order chi connectivity index (χ0) is 14.4. The van der Waals surface area contributed by atoms with Gasteiger partial charge in [-0.1, -0.05) is 0 Å². The first-order chi connectivity index (χ1) is 9.76. The van der Waals surface area contributed by atoms with Crippen LogP contribution in [0.1, 0.15) is 23.2 Å². The Morgan fingerprint density at radius 1 is 1.50 bits per heavy atom. The summed E-state index contributed by atoms with van der Waals surface area (Å²) in [6, 6.07) is 1.69. The van der Waals surface area contributed by atoms with Gasteiger partial charge in [0.25, 0.3) is 5.91 Å². The van der Waals surface area contributed by atoms with Gasteiger partial charge in [0.15, 0.2) is 0 Å². The van der Waals surface area contributed by atoms with Gasteiger partial charge in [-0.15, -0.1) is 0 Å². The van der Waals surface area contributed by atoms with Gasteiger partial charge in [-0.25, -0.2) is 0 Å². The van der Waals surface area contributed by atoms with Crippen LogP contribution in [0, 0.1) is 0 Å². The molecule has 1 saturated heterocycles. The number of likely N-dealkylation sites (tertiary alicyclic amines) is 1. The van der Waals surface area contributed by atoms with Gasteiger partial charge in [0.2, 0.25) is 0 Å². The van der Waals surface area contributed by atoms with Crippen molar-refractivity contribution in [3.05, 3.63) is 24.0 Å². The number of methoxy groups -OCH3 is 1. The molecule has 1 aliphatic rings. The Morgan fingerprint density at radius 2 is 2.25 bits per heavy atom. The maximum absolute atomic E-state index is 12.5. The number of hydrogen-bond acceptors (Lipinski definition) is 5. The fourth-order valence-corrected chi connectivity index (χ4v) is 2.35. The zero-order valence-corrected chi connectivity index (χ0v) is 11.7. The third-order valence-electron chi connectivity index (χ3n) is 3.44. The van der Waals surface area contributed by atoms with E-state index in [0.29, 0.717) is 37.6 Å². The normalized spacial score (nSPS) is 16.2. The van der Waals surface area contributed by atoms with E-state index < -0.39 is 0 Å². The van der Waals surface area contributed by atoms with E-state index in [1.54, 1.807) is 25.6 Å². The molecule has 2 heterocycles. The molecule has 0 unspecified atom stereocenters. The predicted molar refractivity (Wildman–Crippen MR) is 74.7 cm³/mol. The van der Waals surface area contributed by atoms with Gasteiger partial charge < -0.3 is 20.1 Å². The van der Waals surface area contributed by atoms with Crippen molar-refractivity contribution in [3.63, 3.8) is 0 Å². The van der Waals surface area contributed by atoms with Gasteiger partial charge in [-0.3, -0.25) is 9.78 Å². The summed E-state index contributed by atoms with van der Waals surface area (Å²) in [5, 5.41) is 0. The summed E-state index contributed by atoms with van der Waals surface area (Å²) in [5.74, 6) is 0.500. The summed E-state index contributed by atoms with van der Waals surface area (Å²) in [6.45, 7) is 2.50. The molecule has 0 bridgehead atoms. The van der Waals surface area contributed by atoms with Crippen molar-refractivity contribution in [2.24, 2.45) is 5.73 Å². The average Bonchev–Trinajstić information content (AvgIpc) is 2.52. The highest BCUT2D eigenvalue weighted by Crippen LogP contribution is 2.21. The number of amides is 1. The molecule has 6 nitrogen and oxygen atoms in total. The zero-order valence-electron chi connectivity index (χ0n) is 11.7. The molecule has 0 radical (unpaired) electrons. The second-order valence-electron chi connectivity index (χ2n) is 4.73. The molecular formula is C14H21N3O3. The molecule has 0 aromatic carbocycles.